The molecule has 2 heterocycles. The molecule has 13 heteroatoms. The van der Waals surface area contributed by atoms with E-state index >= 15 is 0 Å². The first-order valence-corrected chi connectivity index (χ1v) is 15.7. The van der Waals surface area contributed by atoms with Crippen molar-refractivity contribution >= 4 is 60.3 Å². The van der Waals surface area contributed by atoms with E-state index in [2.05, 4.69) is 4.90 Å². The standard InChI is InChI=1S/C27H34ClN5O5S2/c1-5-38-27(35)31-13-15-32(16-14-31)40(36,37)22-9-7-20(8-10-22)25(34)33(12-6-11-30(3)4)26-29-24-19(2)17-21(28)18-23(24)39-26/h7-10,17-18H,5-6,11-16H2,1-4H3. The zero-order valence-electron chi connectivity index (χ0n) is 23.1. The minimum atomic E-state index is -3.79. The number of carbonyl (C=O) groups is 2. The molecule has 0 spiro atoms. The van der Waals surface area contributed by atoms with Crippen molar-refractivity contribution in [2.45, 2.75) is 25.2 Å². The second-order valence-corrected chi connectivity index (χ2v) is 13.2. The molecule has 0 radical (unpaired) electrons. The van der Waals surface area contributed by atoms with Gasteiger partial charge < -0.3 is 14.5 Å². The van der Waals surface area contributed by atoms with E-state index in [-0.39, 0.29) is 43.6 Å². The van der Waals surface area contributed by atoms with E-state index in [0.29, 0.717) is 22.3 Å². The Bertz CT molecular complexity index is 1470. The van der Waals surface area contributed by atoms with E-state index in [9.17, 15) is 18.0 Å². The topological polar surface area (TPSA) is 103 Å². The van der Waals surface area contributed by atoms with Crippen LogP contribution in [0.2, 0.25) is 5.02 Å². The third kappa shape index (κ3) is 6.74. The molecule has 216 valence electrons. The van der Waals surface area contributed by atoms with Crippen molar-refractivity contribution < 1.29 is 22.7 Å². The minimum Gasteiger partial charge on any atom is -0.450 e. The fourth-order valence-corrected chi connectivity index (χ4v) is 7.35. The third-order valence-electron chi connectivity index (χ3n) is 6.61. The molecule has 40 heavy (non-hydrogen) atoms. The Morgan fingerprint density at radius 1 is 1.07 bits per heavy atom. The Hall–Kier alpha value is -2.77. The van der Waals surface area contributed by atoms with Crippen molar-refractivity contribution in [3.05, 3.63) is 52.5 Å². The molecule has 0 unspecified atom stereocenters. The zero-order valence-corrected chi connectivity index (χ0v) is 25.5. The number of benzene rings is 2. The lowest BCUT2D eigenvalue weighted by atomic mass is 10.2. The summed E-state index contributed by atoms with van der Waals surface area (Å²) in [5, 5.41) is 1.19. The molecule has 0 bridgehead atoms. The van der Waals surface area contributed by atoms with E-state index < -0.39 is 16.1 Å². The maximum atomic E-state index is 13.7. The SMILES string of the molecule is CCOC(=O)N1CCN(S(=O)(=O)c2ccc(C(=O)N(CCCN(C)C)c3nc4c(C)cc(Cl)cc4s3)cc2)CC1. The van der Waals surface area contributed by atoms with Crippen LogP contribution in [0.1, 0.15) is 29.3 Å². The summed E-state index contributed by atoms with van der Waals surface area (Å²) in [5.74, 6) is -0.256. The fourth-order valence-electron chi connectivity index (χ4n) is 4.49. The summed E-state index contributed by atoms with van der Waals surface area (Å²) < 4.78 is 33.8. The van der Waals surface area contributed by atoms with Gasteiger partial charge in [0.15, 0.2) is 5.13 Å². The van der Waals surface area contributed by atoms with Gasteiger partial charge in [-0.2, -0.15) is 4.31 Å². The quantitative estimate of drug-likeness (QED) is 0.357. The van der Waals surface area contributed by atoms with Gasteiger partial charge in [-0.1, -0.05) is 22.9 Å². The van der Waals surface area contributed by atoms with E-state index in [0.717, 1.165) is 28.7 Å². The largest absolute Gasteiger partial charge is 0.450 e. The summed E-state index contributed by atoms with van der Waals surface area (Å²) in [6.07, 6.45) is 0.294. The number of nitrogens with zero attached hydrogens (tertiary/aromatic N) is 5. The molecule has 2 amide bonds. The molecule has 10 nitrogen and oxygen atoms in total. The molecule has 1 aliphatic heterocycles. The summed E-state index contributed by atoms with van der Waals surface area (Å²) in [7, 11) is 0.168. The van der Waals surface area contributed by atoms with Crippen molar-refractivity contribution in [3.63, 3.8) is 0 Å². The number of aromatic nitrogens is 1. The average Bonchev–Trinajstić information content (AvgIpc) is 3.35. The van der Waals surface area contributed by atoms with Crippen LogP contribution in [0.4, 0.5) is 9.93 Å². The summed E-state index contributed by atoms with van der Waals surface area (Å²) in [5.41, 5.74) is 2.10. The Kier molecular flexibility index (Phi) is 9.68. The molecule has 1 fully saturated rings. The summed E-state index contributed by atoms with van der Waals surface area (Å²) in [6.45, 7) is 6.02. The van der Waals surface area contributed by atoms with Crippen LogP contribution in [0.15, 0.2) is 41.3 Å². The molecule has 1 aromatic heterocycles. The van der Waals surface area contributed by atoms with Gasteiger partial charge in [0.1, 0.15) is 0 Å². The normalized spacial score (nSPS) is 14.6. The van der Waals surface area contributed by atoms with E-state index in [1.54, 1.807) is 24.0 Å². The van der Waals surface area contributed by atoms with Crippen LogP contribution < -0.4 is 4.90 Å². The number of hydrogen-bond acceptors (Lipinski definition) is 8. The van der Waals surface area contributed by atoms with Gasteiger partial charge in [-0.3, -0.25) is 9.69 Å². The number of hydrogen-bond donors (Lipinski definition) is 0. The first kappa shape index (κ1) is 30.2. The van der Waals surface area contributed by atoms with Crippen molar-refractivity contribution in [1.82, 2.24) is 19.1 Å². The number of amides is 2. The zero-order chi connectivity index (χ0) is 29.0. The van der Waals surface area contributed by atoms with Crippen LogP contribution in [-0.2, 0) is 14.8 Å². The van der Waals surface area contributed by atoms with Gasteiger partial charge in [0.25, 0.3) is 5.91 Å². The molecule has 0 saturated carbocycles. The van der Waals surface area contributed by atoms with E-state index in [1.807, 2.05) is 33.2 Å². The van der Waals surface area contributed by atoms with Gasteiger partial charge in [0.2, 0.25) is 10.0 Å². The number of aryl methyl sites for hydroxylation is 1. The molecule has 2 aromatic carbocycles. The molecule has 0 N–H and O–H groups in total. The molecule has 1 saturated heterocycles. The van der Waals surface area contributed by atoms with Gasteiger partial charge in [-0.25, -0.2) is 18.2 Å². The Labute approximate surface area is 244 Å². The number of rotatable bonds is 9. The molecule has 1 aliphatic rings. The predicted molar refractivity (Wildman–Crippen MR) is 158 cm³/mol. The van der Waals surface area contributed by atoms with E-state index in [4.69, 9.17) is 21.3 Å². The summed E-state index contributed by atoms with van der Waals surface area (Å²) >= 11 is 7.65. The number of sulfonamides is 1. The number of fused-ring (bicyclic) bond motifs is 1. The van der Waals surface area contributed by atoms with E-state index in [1.165, 1.54) is 32.7 Å². The monoisotopic (exact) mass is 607 g/mol. The highest BCUT2D eigenvalue weighted by atomic mass is 35.5. The third-order valence-corrected chi connectivity index (χ3v) is 9.76. The number of thiazole rings is 1. The predicted octanol–water partition coefficient (Wildman–Crippen LogP) is 4.32. The minimum absolute atomic E-state index is 0.0954. The van der Waals surface area contributed by atoms with Crippen molar-refractivity contribution in [1.29, 1.82) is 0 Å². The molecule has 0 aliphatic carbocycles. The van der Waals surface area contributed by atoms with Gasteiger partial charge >= 0.3 is 6.09 Å². The number of halogens is 1. The Balaban J connectivity index is 1.54. The van der Waals surface area contributed by atoms with Gasteiger partial charge in [-0.05, 0) is 82.9 Å². The van der Waals surface area contributed by atoms with Crippen LogP contribution in [0.3, 0.4) is 0 Å². The Morgan fingerprint density at radius 3 is 2.38 bits per heavy atom. The average molecular weight is 608 g/mol. The second kappa shape index (κ2) is 12.8. The lowest BCUT2D eigenvalue weighted by Crippen LogP contribution is -2.50. The lowest BCUT2D eigenvalue weighted by molar-refractivity contribution is 0.0933. The number of piperazine rings is 1. The van der Waals surface area contributed by atoms with Crippen LogP contribution in [0.25, 0.3) is 10.2 Å². The molecule has 0 atom stereocenters. The number of carbonyl (C=O) groups excluding carboxylic acids is 2. The highest BCUT2D eigenvalue weighted by Gasteiger charge is 2.31. The number of anilines is 1. The van der Waals surface area contributed by atoms with Crippen LogP contribution in [0, 0.1) is 6.92 Å². The maximum Gasteiger partial charge on any atom is 0.409 e. The van der Waals surface area contributed by atoms with Crippen LogP contribution >= 0.6 is 22.9 Å². The first-order chi connectivity index (χ1) is 19.0. The van der Waals surface area contributed by atoms with Crippen LogP contribution in [-0.4, -0.2) is 99.5 Å². The fraction of sp³-hybridized carbons (Fsp3) is 0.444. The second-order valence-electron chi connectivity index (χ2n) is 9.79. The molecule has 4 rings (SSSR count). The lowest BCUT2D eigenvalue weighted by Gasteiger charge is -2.33. The maximum absolute atomic E-state index is 13.7. The Morgan fingerprint density at radius 2 is 1.75 bits per heavy atom. The van der Waals surface area contributed by atoms with Crippen molar-refractivity contribution in [2.75, 3.05) is 64.9 Å². The summed E-state index contributed by atoms with van der Waals surface area (Å²) in [4.78, 5) is 35.7. The molecular formula is C27H34ClN5O5S2. The van der Waals surface area contributed by atoms with Crippen LogP contribution in [0.5, 0.6) is 0 Å². The van der Waals surface area contributed by atoms with Gasteiger partial charge in [0.05, 0.1) is 21.7 Å². The smallest absolute Gasteiger partial charge is 0.409 e. The molecule has 3 aromatic rings. The molecular weight excluding hydrogens is 574 g/mol. The van der Waals surface area contributed by atoms with Gasteiger partial charge in [-0.15, -0.1) is 0 Å². The van der Waals surface area contributed by atoms with Crippen molar-refractivity contribution in [2.24, 2.45) is 0 Å². The first-order valence-electron chi connectivity index (χ1n) is 13.1. The summed E-state index contributed by atoms with van der Waals surface area (Å²) in [6, 6.07) is 9.69. The van der Waals surface area contributed by atoms with Gasteiger partial charge in [0, 0.05) is 43.3 Å². The number of ether oxygens (including phenoxy) is 1. The highest BCUT2D eigenvalue weighted by molar-refractivity contribution is 7.89. The van der Waals surface area contributed by atoms with Crippen molar-refractivity contribution in [3.8, 4) is 0 Å². The highest BCUT2D eigenvalue weighted by Crippen LogP contribution is 2.34.